The van der Waals surface area contributed by atoms with E-state index in [2.05, 4.69) is 0 Å². The minimum absolute atomic E-state index is 0.343. The second kappa shape index (κ2) is 6.55. The highest BCUT2D eigenvalue weighted by Gasteiger charge is 2.30. The van der Waals surface area contributed by atoms with Crippen molar-refractivity contribution in [3.05, 3.63) is 95.1 Å². The fourth-order valence-corrected chi connectivity index (χ4v) is 2.67. The van der Waals surface area contributed by atoms with Gasteiger partial charge in [0, 0.05) is 11.1 Å². The third-order valence-corrected chi connectivity index (χ3v) is 4.06. The molecule has 0 aromatic heterocycles. The predicted molar refractivity (Wildman–Crippen MR) is 94.0 cm³/mol. The molecule has 4 heteroatoms. The Hall–Kier alpha value is -2.88. The maximum absolute atomic E-state index is 12.7. The quantitative estimate of drug-likeness (QED) is 0.558. The van der Waals surface area contributed by atoms with Crippen LogP contribution in [0.4, 0.5) is 13.2 Å². The summed E-state index contributed by atoms with van der Waals surface area (Å²) in [7, 11) is 0. The Morgan fingerprint density at radius 1 is 0.800 bits per heavy atom. The van der Waals surface area contributed by atoms with Gasteiger partial charge in [-0.3, -0.25) is 5.41 Å². The first-order valence-corrected chi connectivity index (χ1v) is 7.79. The molecule has 0 spiro atoms. The number of hydrogen-bond acceptors (Lipinski definition) is 1. The summed E-state index contributed by atoms with van der Waals surface area (Å²) in [6, 6.07) is 19.9. The van der Waals surface area contributed by atoms with E-state index in [0.717, 1.165) is 28.8 Å². The highest BCUT2D eigenvalue weighted by Crippen LogP contribution is 2.32. The summed E-state index contributed by atoms with van der Waals surface area (Å²) < 4.78 is 38.2. The molecule has 0 saturated carbocycles. The summed E-state index contributed by atoms with van der Waals surface area (Å²) in [6.07, 6.45) is -4.35. The molecule has 0 aliphatic rings. The minimum atomic E-state index is -4.35. The first kappa shape index (κ1) is 17.0. The standard InChI is InChI=1S/C21H16F3N/c1-14-6-8-16(9-7-14)20(25)19-5-3-2-4-18(19)15-10-12-17(13-11-15)21(22,23)24/h2-13,25H,1H3. The molecule has 0 bridgehead atoms. The Morgan fingerprint density at radius 3 is 2.00 bits per heavy atom. The molecule has 0 radical (unpaired) electrons. The molecule has 0 unspecified atom stereocenters. The van der Waals surface area contributed by atoms with Crippen molar-refractivity contribution < 1.29 is 13.2 Å². The van der Waals surface area contributed by atoms with Crippen LogP contribution in [0, 0.1) is 12.3 Å². The van der Waals surface area contributed by atoms with Crippen molar-refractivity contribution in [3.63, 3.8) is 0 Å². The van der Waals surface area contributed by atoms with Gasteiger partial charge in [0.15, 0.2) is 0 Å². The molecule has 1 N–H and O–H groups in total. The van der Waals surface area contributed by atoms with Crippen molar-refractivity contribution in [3.8, 4) is 11.1 Å². The van der Waals surface area contributed by atoms with Gasteiger partial charge in [-0.1, -0.05) is 66.2 Å². The first-order valence-electron chi connectivity index (χ1n) is 7.79. The monoisotopic (exact) mass is 339 g/mol. The van der Waals surface area contributed by atoms with Crippen molar-refractivity contribution in [1.29, 1.82) is 5.41 Å². The van der Waals surface area contributed by atoms with Crippen LogP contribution in [0.5, 0.6) is 0 Å². The minimum Gasteiger partial charge on any atom is -0.300 e. The second-order valence-corrected chi connectivity index (χ2v) is 5.86. The van der Waals surface area contributed by atoms with Gasteiger partial charge in [0.1, 0.15) is 0 Å². The van der Waals surface area contributed by atoms with Gasteiger partial charge in [0.2, 0.25) is 0 Å². The molecule has 3 rings (SSSR count). The van der Waals surface area contributed by atoms with E-state index in [4.69, 9.17) is 5.41 Å². The van der Waals surface area contributed by atoms with Crippen LogP contribution in [-0.4, -0.2) is 5.71 Å². The fourth-order valence-electron chi connectivity index (χ4n) is 2.67. The Morgan fingerprint density at radius 2 is 1.40 bits per heavy atom. The van der Waals surface area contributed by atoms with Crippen LogP contribution in [0.1, 0.15) is 22.3 Å². The highest BCUT2D eigenvalue weighted by molar-refractivity contribution is 6.14. The molecule has 0 fully saturated rings. The topological polar surface area (TPSA) is 23.9 Å². The zero-order chi connectivity index (χ0) is 18.0. The van der Waals surface area contributed by atoms with Crippen LogP contribution in [-0.2, 0) is 6.18 Å². The molecule has 126 valence electrons. The lowest BCUT2D eigenvalue weighted by atomic mass is 9.93. The SMILES string of the molecule is Cc1ccc(C(=N)c2ccccc2-c2ccc(C(F)(F)F)cc2)cc1. The van der Waals surface area contributed by atoms with Gasteiger partial charge in [-0.15, -0.1) is 0 Å². The fraction of sp³-hybridized carbons (Fsp3) is 0.0952. The van der Waals surface area contributed by atoms with Crippen LogP contribution >= 0.6 is 0 Å². The molecule has 1 nitrogen and oxygen atoms in total. The van der Waals surface area contributed by atoms with Gasteiger partial charge < -0.3 is 0 Å². The highest BCUT2D eigenvalue weighted by atomic mass is 19.4. The normalized spacial score (nSPS) is 11.4. The molecular weight excluding hydrogens is 323 g/mol. The van der Waals surface area contributed by atoms with Crippen LogP contribution in [0.2, 0.25) is 0 Å². The number of benzene rings is 3. The van der Waals surface area contributed by atoms with Gasteiger partial charge in [0.05, 0.1) is 11.3 Å². The number of alkyl halides is 3. The number of halogens is 3. The predicted octanol–water partition coefficient (Wildman–Crippen LogP) is 6.10. The van der Waals surface area contributed by atoms with Crippen molar-refractivity contribution in [2.24, 2.45) is 0 Å². The lowest BCUT2D eigenvalue weighted by Gasteiger charge is -2.13. The number of nitrogens with one attached hydrogen (secondary N) is 1. The van der Waals surface area contributed by atoms with Crippen LogP contribution in [0.15, 0.2) is 72.8 Å². The van der Waals surface area contributed by atoms with E-state index in [-0.39, 0.29) is 0 Å². The Labute approximate surface area is 144 Å². The van der Waals surface area contributed by atoms with E-state index in [1.165, 1.54) is 12.1 Å². The van der Waals surface area contributed by atoms with E-state index in [1.54, 1.807) is 0 Å². The molecule has 3 aromatic rings. The number of rotatable bonds is 3. The molecule has 0 amide bonds. The average Bonchev–Trinajstić information content (AvgIpc) is 2.61. The van der Waals surface area contributed by atoms with E-state index in [0.29, 0.717) is 16.8 Å². The summed E-state index contributed by atoms with van der Waals surface area (Å²) in [6.45, 7) is 1.98. The molecule has 0 atom stereocenters. The summed E-state index contributed by atoms with van der Waals surface area (Å²) in [5.41, 5.74) is 3.61. The van der Waals surface area contributed by atoms with Crippen LogP contribution in [0.3, 0.4) is 0 Å². The third kappa shape index (κ3) is 3.63. The maximum Gasteiger partial charge on any atom is 0.416 e. The maximum atomic E-state index is 12.7. The molecule has 0 aliphatic heterocycles. The Balaban J connectivity index is 2.01. The molecular formula is C21H16F3N. The van der Waals surface area contributed by atoms with Gasteiger partial charge in [-0.25, -0.2) is 0 Å². The van der Waals surface area contributed by atoms with Crippen molar-refractivity contribution in [2.75, 3.05) is 0 Å². The second-order valence-electron chi connectivity index (χ2n) is 5.86. The van der Waals surface area contributed by atoms with E-state index >= 15 is 0 Å². The summed E-state index contributed by atoms with van der Waals surface area (Å²) in [4.78, 5) is 0. The van der Waals surface area contributed by atoms with E-state index in [9.17, 15) is 13.2 Å². The van der Waals surface area contributed by atoms with Crippen molar-refractivity contribution >= 4 is 5.71 Å². The molecule has 0 aliphatic carbocycles. The third-order valence-electron chi connectivity index (χ3n) is 4.06. The smallest absolute Gasteiger partial charge is 0.300 e. The summed E-state index contributed by atoms with van der Waals surface area (Å²) in [5.74, 6) is 0. The van der Waals surface area contributed by atoms with Crippen LogP contribution < -0.4 is 0 Å². The Bertz CT molecular complexity index is 892. The Kier molecular flexibility index (Phi) is 4.45. The van der Waals surface area contributed by atoms with Gasteiger partial charge >= 0.3 is 6.18 Å². The first-order chi connectivity index (χ1) is 11.9. The van der Waals surface area contributed by atoms with Gasteiger partial charge in [0.25, 0.3) is 0 Å². The lowest BCUT2D eigenvalue weighted by Crippen LogP contribution is -2.05. The summed E-state index contributed by atoms with van der Waals surface area (Å²) in [5, 5.41) is 8.49. The van der Waals surface area contributed by atoms with Crippen molar-refractivity contribution in [1.82, 2.24) is 0 Å². The largest absolute Gasteiger partial charge is 0.416 e. The van der Waals surface area contributed by atoms with E-state index in [1.807, 2.05) is 55.5 Å². The lowest BCUT2D eigenvalue weighted by molar-refractivity contribution is -0.137. The average molecular weight is 339 g/mol. The number of aryl methyl sites for hydroxylation is 1. The van der Waals surface area contributed by atoms with Gasteiger partial charge in [-0.05, 0) is 30.2 Å². The molecule has 0 heterocycles. The molecule has 25 heavy (non-hydrogen) atoms. The zero-order valence-corrected chi connectivity index (χ0v) is 13.6. The molecule has 3 aromatic carbocycles. The zero-order valence-electron chi connectivity index (χ0n) is 13.6. The van der Waals surface area contributed by atoms with E-state index < -0.39 is 11.7 Å². The van der Waals surface area contributed by atoms with Crippen molar-refractivity contribution in [2.45, 2.75) is 13.1 Å². The van der Waals surface area contributed by atoms with Crippen LogP contribution in [0.25, 0.3) is 11.1 Å². The number of hydrogen-bond donors (Lipinski definition) is 1. The molecule has 0 saturated heterocycles. The van der Waals surface area contributed by atoms with Gasteiger partial charge in [-0.2, -0.15) is 13.2 Å². The summed E-state index contributed by atoms with van der Waals surface area (Å²) >= 11 is 0.